The number of amides is 1. The lowest BCUT2D eigenvalue weighted by molar-refractivity contribution is -0.138. The number of alkyl halides is 3. The van der Waals surface area contributed by atoms with Gasteiger partial charge < -0.3 is 9.64 Å². The Morgan fingerprint density at radius 1 is 1.02 bits per heavy atom. The number of ether oxygens (including phenoxy) is 1. The Balaban J connectivity index is 1.01. The van der Waals surface area contributed by atoms with Gasteiger partial charge in [0.1, 0.15) is 17.7 Å². The van der Waals surface area contributed by atoms with E-state index in [0.29, 0.717) is 24.4 Å². The molecule has 3 heterocycles. The van der Waals surface area contributed by atoms with Crippen molar-refractivity contribution in [1.82, 2.24) is 19.8 Å². The zero-order chi connectivity index (χ0) is 28.2. The highest BCUT2D eigenvalue weighted by Gasteiger charge is 2.54. The van der Waals surface area contributed by atoms with Gasteiger partial charge in [-0.1, -0.05) is 12.1 Å². The third kappa shape index (κ3) is 5.18. The minimum atomic E-state index is -4.44. The number of benzene rings is 2. The van der Waals surface area contributed by atoms with Crippen LogP contribution in [-0.2, 0) is 17.5 Å². The van der Waals surface area contributed by atoms with Gasteiger partial charge in [0.25, 0.3) is 0 Å². The molecule has 212 valence electrons. The van der Waals surface area contributed by atoms with E-state index in [9.17, 15) is 22.4 Å². The molecule has 2 saturated heterocycles. The molecule has 11 heteroatoms. The maximum absolute atomic E-state index is 13.1. The van der Waals surface area contributed by atoms with Gasteiger partial charge in [0.05, 0.1) is 34.9 Å². The summed E-state index contributed by atoms with van der Waals surface area (Å²) in [7, 11) is 0. The molecule has 1 aliphatic carbocycles. The van der Waals surface area contributed by atoms with Crippen molar-refractivity contribution in [3.05, 3.63) is 65.6 Å². The number of piperazine rings is 1. The van der Waals surface area contributed by atoms with Crippen LogP contribution >= 0.6 is 0 Å². The number of rotatable bonds is 4. The Bertz CT molecular complexity index is 1390. The molecular weight excluding hydrogens is 526 g/mol. The van der Waals surface area contributed by atoms with Crippen LogP contribution in [0, 0.1) is 11.2 Å². The molecule has 1 spiro atoms. The van der Waals surface area contributed by atoms with E-state index < -0.39 is 11.7 Å². The van der Waals surface area contributed by atoms with Gasteiger partial charge in [0.15, 0.2) is 0 Å². The minimum Gasteiger partial charge on any atom is -0.446 e. The quantitative estimate of drug-likeness (QED) is 0.396. The number of aromatic nitrogens is 2. The molecule has 1 aromatic heterocycles. The molecule has 3 fully saturated rings. The van der Waals surface area contributed by atoms with Crippen LogP contribution in [0.15, 0.2) is 48.7 Å². The summed E-state index contributed by atoms with van der Waals surface area (Å²) in [4.78, 5) is 28.0. The van der Waals surface area contributed by atoms with Gasteiger partial charge in [0, 0.05) is 38.1 Å². The summed E-state index contributed by atoms with van der Waals surface area (Å²) in [6, 6.07) is 9.65. The third-order valence-corrected chi connectivity index (χ3v) is 8.34. The molecular formula is C29H31F4N5O2. The average Bonchev–Trinajstić information content (AvgIpc) is 2.85. The lowest BCUT2D eigenvalue weighted by Gasteiger charge is -2.58. The SMILES string of the molecule is C[C@@H]1CN(c2cnc3cc(C(F)(F)F)ccc3n2)C[C@H](C)N1C(=O)OC1CC2(C1)CN(Cc1ccc(F)cc1)C2. The van der Waals surface area contributed by atoms with Crippen LogP contribution in [0.2, 0.25) is 0 Å². The van der Waals surface area contributed by atoms with Crippen LogP contribution in [0.5, 0.6) is 0 Å². The van der Waals surface area contributed by atoms with E-state index in [1.807, 2.05) is 30.9 Å². The fraction of sp³-hybridized carbons (Fsp3) is 0.483. The second-order valence-electron chi connectivity index (χ2n) is 11.6. The first-order valence-corrected chi connectivity index (χ1v) is 13.5. The van der Waals surface area contributed by atoms with Gasteiger partial charge in [-0.2, -0.15) is 13.2 Å². The number of nitrogens with zero attached hydrogens (tertiary/aromatic N) is 5. The van der Waals surface area contributed by atoms with Crippen molar-refractivity contribution in [2.75, 3.05) is 31.1 Å². The number of halogens is 4. The first kappa shape index (κ1) is 26.7. The highest BCUT2D eigenvalue weighted by atomic mass is 19.4. The summed E-state index contributed by atoms with van der Waals surface area (Å²) in [6.45, 7) is 7.62. The summed E-state index contributed by atoms with van der Waals surface area (Å²) in [6.07, 6.45) is -1.65. The first-order chi connectivity index (χ1) is 19.0. The predicted octanol–water partition coefficient (Wildman–Crippen LogP) is 5.49. The smallest absolute Gasteiger partial charge is 0.416 e. The van der Waals surface area contributed by atoms with Crippen LogP contribution in [0.25, 0.3) is 11.0 Å². The van der Waals surface area contributed by atoms with Gasteiger partial charge in [-0.25, -0.2) is 14.2 Å². The molecule has 1 saturated carbocycles. The lowest BCUT2D eigenvalue weighted by atomic mass is 9.61. The van der Waals surface area contributed by atoms with Gasteiger partial charge in [-0.3, -0.25) is 14.8 Å². The number of hydrogen-bond acceptors (Lipinski definition) is 6. The van der Waals surface area contributed by atoms with E-state index >= 15 is 0 Å². The summed E-state index contributed by atoms with van der Waals surface area (Å²) >= 11 is 0. The molecule has 6 rings (SSSR count). The topological polar surface area (TPSA) is 61.8 Å². The van der Waals surface area contributed by atoms with Crippen LogP contribution in [0.3, 0.4) is 0 Å². The highest BCUT2D eigenvalue weighted by molar-refractivity contribution is 5.77. The second kappa shape index (κ2) is 9.87. The molecule has 3 aliphatic rings. The van der Waals surface area contributed by atoms with E-state index in [-0.39, 0.29) is 41.0 Å². The standard InChI is InChI=1S/C29H31F4N5O2/c1-18-13-37(26-12-34-25-9-21(29(31,32)33)5-8-24(25)35-26)14-19(2)38(18)27(39)40-23-10-28(11-23)16-36(17-28)15-20-3-6-22(30)7-4-20/h3-9,12,18-19,23H,10-11,13-17H2,1-2H3/t18-,19+. The Morgan fingerprint density at radius 3 is 2.35 bits per heavy atom. The van der Waals surface area contributed by atoms with E-state index in [4.69, 9.17) is 4.74 Å². The molecule has 0 bridgehead atoms. The van der Waals surface area contributed by atoms with Gasteiger partial charge in [-0.05, 0) is 62.6 Å². The van der Waals surface area contributed by atoms with Crippen molar-refractivity contribution >= 4 is 22.9 Å². The maximum Gasteiger partial charge on any atom is 0.416 e. The second-order valence-corrected chi connectivity index (χ2v) is 11.6. The van der Waals surface area contributed by atoms with Crippen molar-refractivity contribution in [1.29, 1.82) is 0 Å². The van der Waals surface area contributed by atoms with E-state index in [2.05, 4.69) is 14.9 Å². The predicted molar refractivity (Wildman–Crippen MR) is 141 cm³/mol. The number of carbonyl (C=O) groups excluding carboxylic acids is 1. The van der Waals surface area contributed by atoms with Gasteiger partial charge >= 0.3 is 12.3 Å². The number of likely N-dealkylation sites (tertiary alicyclic amines) is 1. The van der Waals surface area contributed by atoms with Crippen molar-refractivity contribution in [3.8, 4) is 0 Å². The van der Waals surface area contributed by atoms with Gasteiger partial charge in [-0.15, -0.1) is 0 Å². The summed E-state index contributed by atoms with van der Waals surface area (Å²) < 4.78 is 58.1. The number of fused-ring (bicyclic) bond motifs is 1. The fourth-order valence-corrected chi connectivity index (χ4v) is 6.51. The van der Waals surface area contributed by atoms with E-state index in [1.165, 1.54) is 24.4 Å². The minimum absolute atomic E-state index is 0.0918. The monoisotopic (exact) mass is 557 g/mol. The lowest BCUT2D eigenvalue weighted by Crippen LogP contribution is -2.65. The highest BCUT2D eigenvalue weighted by Crippen LogP contribution is 2.50. The van der Waals surface area contributed by atoms with Crippen LogP contribution in [0.4, 0.5) is 28.2 Å². The van der Waals surface area contributed by atoms with Crippen molar-refractivity contribution in [3.63, 3.8) is 0 Å². The number of hydrogen-bond donors (Lipinski definition) is 0. The van der Waals surface area contributed by atoms with Crippen molar-refractivity contribution < 1.29 is 27.1 Å². The van der Waals surface area contributed by atoms with Crippen LogP contribution in [-0.4, -0.2) is 70.2 Å². The Morgan fingerprint density at radius 2 is 1.70 bits per heavy atom. The normalized spacial score (nSPS) is 23.2. The summed E-state index contributed by atoms with van der Waals surface area (Å²) in [5.41, 5.74) is 1.11. The van der Waals surface area contributed by atoms with Crippen LogP contribution < -0.4 is 4.90 Å². The molecule has 0 N–H and O–H groups in total. The largest absolute Gasteiger partial charge is 0.446 e. The molecule has 0 unspecified atom stereocenters. The molecule has 40 heavy (non-hydrogen) atoms. The Hall–Kier alpha value is -3.47. The number of carbonyl (C=O) groups is 1. The Kier molecular flexibility index (Phi) is 6.59. The zero-order valence-electron chi connectivity index (χ0n) is 22.4. The van der Waals surface area contributed by atoms with Gasteiger partial charge in [0.2, 0.25) is 0 Å². The number of anilines is 1. The molecule has 0 radical (unpaired) electrons. The van der Waals surface area contributed by atoms with Crippen molar-refractivity contribution in [2.45, 2.75) is 57.6 Å². The first-order valence-electron chi connectivity index (χ1n) is 13.5. The summed E-state index contributed by atoms with van der Waals surface area (Å²) in [5, 5.41) is 0. The molecule has 2 atom stereocenters. The van der Waals surface area contributed by atoms with Crippen molar-refractivity contribution in [2.24, 2.45) is 5.41 Å². The third-order valence-electron chi connectivity index (χ3n) is 8.34. The average molecular weight is 558 g/mol. The molecule has 7 nitrogen and oxygen atoms in total. The van der Waals surface area contributed by atoms with E-state index in [0.717, 1.165) is 50.2 Å². The maximum atomic E-state index is 13.1. The van der Waals surface area contributed by atoms with E-state index in [1.54, 1.807) is 4.90 Å². The molecule has 1 amide bonds. The molecule has 2 aromatic carbocycles. The fourth-order valence-electron chi connectivity index (χ4n) is 6.51. The Labute approximate surface area is 229 Å². The molecule has 2 aliphatic heterocycles. The zero-order valence-corrected chi connectivity index (χ0v) is 22.4. The van der Waals surface area contributed by atoms with Crippen LogP contribution in [0.1, 0.15) is 37.8 Å². The molecule has 3 aromatic rings. The summed E-state index contributed by atoms with van der Waals surface area (Å²) in [5.74, 6) is 0.334.